The zero-order chi connectivity index (χ0) is 26.4. The molecule has 1 aliphatic rings. The molecule has 3 aromatic heterocycles. The number of halogens is 2. The number of hydrogen-bond donors (Lipinski definition) is 0. The third-order valence-corrected chi connectivity index (χ3v) is 7.30. The van der Waals surface area contributed by atoms with Crippen molar-refractivity contribution in [2.45, 2.75) is 51.9 Å². The van der Waals surface area contributed by atoms with E-state index < -0.39 is 6.43 Å². The van der Waals surface area contributed by atoms with Gasteiger partial charge in [0.15, 0.2) is 0 Å². The second-order valence-corrected chi connectivity index (χ2v) is 9.71. The highest BCUT2D eigenvalue weighted by atomic mass is 19.3. The second-order valence-electron chi connectivity index (χ2n) is 9.71. The van der Waals surface area contributed by atoms with Gasteiger partial charge in [0.05, 0.1) is 40.7 Å². The molecule has 0 spiro atoms. The van der Waals surface area contributed by atoms with Gasteiger partial charge in [0, 0.05) is 44.3 Å². The largest absolute Gasteiger partial charge is 0.364 e. The Balaban J connectivity index is 1.44. The van der Waals surface area contributed by atoms with Crippen LogP contribution >= 0.6 is 0 Å². The minimum atomic E-state index is -2.67. The van der Waals surface area contributed by atoms with Gasteiger partial charge < -0.3 is 9.47 Å². The van der Waals surface area contributed by atoms with Crippen molar-refractivity contribution in [3.63, 3.8) is 0 Å². The number of pyridine rings is 1. The molecule has 3 atom stereocenters. The van der Waals surface area contributed by atoms with Crippen molar-refractivity contribution in [1.29, 1.82) is 5.26 Å². The van der Waals surface area contributed by atoms with Crippen molar-refractivity contribution in [2.24, 2.45) is 7.05 Å². The molecular formula is C26H28F2N8O. The van der Waals surface area contributed by atoms with E-state index in [0.717, 1.165) is 24.0 Å². The Kier molecular flexibility index (Phi) is 6.37. The average Bonchev–Trinajstić information content (AvgIpc) is 3.30. The van der Waals surface area contributed by atoms with Crippen LogP contribution in [0, 0.1) is 11.3 Å². The van der Waals surface area contributed by atoms with Crippen LogP contribution in [0.5, 0.6) is 0 Å². The van der Waals surface area contributed by atoms with Crippen molar-refractivity contribution in [1.82, 2.24) is 29.2 Å². The first-order valence-electron chi connectivity index (χ1n) is 12.2. The lowest BCUT2D eigenvalue weighted by Gasteiger charge is -2.47. The number of anilines is 1. The van der Waals surface area contributed by atoms with E-state index in [9.17, 15) is 13.6 Å². The Bertz CT molecular complexity index is 1570. The second kappa shape index (κ2) is 9.52. The van der Waals surface area contributed by atoms with Gasteiger partial charge in [-0.1, -0.05) is 6.07 Å². The molecule has 0 saturated carbocycles. The smallest absolute Gasteiger partial charge is 0.281 e. The molecule has 1 aliphatic heterocycles. The molecule has 1 aromatic carbocycles. The van der Waals surface area contributed by atoms with Crippen LogP contribution in [0.2, 0.25) is 0 Å². The highest BCUT2D eigenvalue weighted by molar-refractivity contribution is 5.88. The number of rotatable bonds is 5. The number of nitrogens with zero attached hydrogens (tertiary/aromatic N) is 8. The lowest BCUT2D eigenvalue weighted by molar-refractivity contribution is 0.119. The molecule has 9 nitrogen and oxygen atoms in total. The molecule has 0 radical (unpaired) electrons. The fraction of sp³-hybridized carbons (Fsp3) is 0.423. The molecule has 1 fully saturated rings. The van der Waals surface area contributed by atoms with E-state index in [0.29, 0.717) is 28.6 Å². The normalized spacial score (nSPS) is 19.6. The maximum atomic E-state index is 13.1. The molecule has 0 aliphatic carbocycles. The highest BCUT2D eigenvalue weighted by Gasteiger charge is 2.34. The Morgan fingerprint density at radius 3 is 2.68 bits per heavy atom. The van der Waals surface area contributed by atoms with Crippen LogP contribution in [0.1, 0.15) is 44.5 Å². The van der Waals surface area contributed by atoms with Gasteiger partial charge in [0.25, 0.3) is 12.0 Å². The molecule has 4 heterocycles. The number of aromatic nitrogens is 5. The summed E-state index contributed by atoms with van der Waals surface area (Å²) in [5.74, 6) is 0. The summed E-state index contributed by atoms with van der Waals surface area (Å²) < 4.78 is 29.4. The van der Waals surface area contributed by atoms with Gasteiger partial charge in [-0.05, 0) is 38.5 Å². The Hall–Kier alpha value is -3.91. The minimum absolute atomic E-state index is 0.0134. The van der Waals surface area contributed by atoms with Crippen molar-refractivity contribution in [3.8, 4) is 6.07 Å². The van der Waals surface area contributed by atoms with Crippen LogP contribution < -0.4 is 10.5 Å². The van der Waals surface area contributed by atoms with Gasteiger partial charge in [-0.2, -0.15) is 10.4 Å². The lowest BCUT2D eigenvalue weighted by Crippen LogP contribution is -2.57. The first kappa shape index (κ1) is 24.8. The van der Waals surface area contributed by atoms with Crippen LogP contribution in [0.4, 0.5) is 14.5 Å². The van der Waals surface area contributed by atoms with Crippen LogP contribution in [-0.4, -0.2) is 54.4 Å². The summed E-state index contributed by atoms with van der Waals surface area (Å²) in [4.78, 5) is 25.6. The quantitative estimate of drug-likeness (QED) is 0.406. The van der Waals surface area contributed by atoms with Gasteiger partial charge in [0.1, 0.15) is 17.8 Å². The molecule has 1 unspecified atom stereocenters. The van der Waals surface area contributed by atoms with Gasteiger partial charge in [-0.15, -0.1) is 0 Å². The van der Waals surface area contributed by atoms with Crippen molar-refractivity contribution < 1.29 is 8.78 Å². The van der Waals surface area contributed by atoms with Gasteiger partial charge >= 0.3 is 0 Å². The number of fused-ring (bicyclic) bond motifs is 2. The van der Waals surface area contributed by atoms with Crippen LogP contribution in [-0.2, 0) is 13.6 Å². The topological polar surface area (TPSA) is 95.9 Å². The summed E-state index contributed by atoms with van der Waals surface area (Å²) in [6.07, 6.45) is 0.188. The Labute approximate surface area is 212 Å². The van der Waals surface area contributed by atoms with E-state index in [4.69, 9.17) is 5.26 Å². The standard InChI is InChI=1S/C26H28F2N8O/c1-15-13-36(22-10-24(37)33(4)23-14-34(8-7-29)32-25(22)23)16(2)12-35(15)17(3)18-5-6-19-20(9-18)31-21(11-30-19)26(27)28/h5-6,9-11,14-17,26H,8,12-13H2,1-4H3/t15-,16+,17?/m1/s1. The molecular weight excluding hydrogens is 478 g/mol. The van der Waals surface area contributed by atoms with Gasteiger partial charge in [-0.25, -0.2) is 13.8 Å². The van der Waals surface area contributed by atoms with Crippen molar-refractivity contribution in [2.75, 3.05) is 18.0 Å². The van der Waals surface area contributed by atoms with Crippen LogP contribution in [0.25, 0.3) is 22.1 Å². The van der Waals surface area contributed by atoms with E-state index in [2.05, 4.69) is 51.7 Å². The molecule has 0 amide bonds. The fourth-order valence-electron chi connectivity index (χ4n) is 5.24. The van der Waals surface area contributed by atoms with Crippen LogP contribution in [0.15, 0.2) is 41.5 Å². The SMILES string of the molecule is CC(c1ccc2ncc(C(F)F)nc2c1)N1C[C@H](C)N(c2cc(=O)n(C)c3cn(CC#N)nc23)C[C@H]1C. The highest BCUT2D eigenvalue weighted by Crippen LogP contribution is 2.33. The fourth-order valence-corrected chi connectivity index (χ4v) is 5.24. The molecule has 0 bridgehead atoms. The summed E-state index contributed by atoms with van der Waals surface area (Å²) in [6.45, 7) is 7.85. The van der Waals surface area contributed by atoms with E-state index in [1.165, 1.54) is 0 Å². The molecule has 11 heteroatoms. The zero-order valence-corrected chi connectivity index (χ0v) is 21.1. The summed E-state index contributed by atoms with van der Waals surface area (Å²) in [5.41, 5.74) is 3.71. The summed E-state index contributed by atoms with van der Waals surface area (Å²) >= 11 is 0. The monoisotopic (exact) mass is 506 g/mol. The third kappa shape index (κ3) is 4.42. The van der Waals surface area contributed by atoms with E-state index in [1.807, 2.05) is 18.2 Å². The number of piperazine rings is 1. The predicted molar refractivity (Wildman–Crippen MR) is 136 cm³/mol. The number of benzene rings is 1. The van der Waals surface area contributed by atoms with Gasteiger partial charge in [0.2, 0.25) is 0 Å². The minimum Gasteiger partial charge on any atom is -0.364 e. The lowest BCUT2D eigenvalue weighted by atomic mass is 9.99. The molecule has 1 saturated heterocycles. The molecule has 5 rings (SSSR count). The number of alkyl halides is 2. The van der Waals surface area contributed by atoms with Gasteiger partial charge in [-0.3, -0.25) is 19.4 Å². The molecule has 0 N–H and O–H groups in total. The van der Waals surface area contributed by atoms with E-state index in [-0.39, 0.29) is 35.9 Å². The summed E-state index contributed by atoms with van der Waals surface area (Å²) in [5, 5.41) is 13.7. The number of hydrogen-bond acceptors (Lipinski definition) is 7. The maximum Gasteiger partial charge on any atom is 0.281 e. The molecule has 37 heavy (non-hydrogen) atoms. The first-order chi connectivity index (χ1) is 17.7. The van der Waals surface area contributed by atoms with Crippen molar-refractivity contribution >= 4 is 27.8 Å². The average molecular weight is 507 g/mol. The van der Waals surface area contributed by atoms with Crippen LogP contribution in [0.3, 0.4) is 0 Å². The Morgan fingerprint density at radius 1 is 1.16 bits per heavy atom. The van der Waals surface area contributed by atoms with E-state index >= 15 is 0 Å². The third-order valence-electron chi connectivity index (χ3n) is 7.30. The molecule has 4 aromatic rings. The summed E-state index contributed by atoms with van der Waals surface area (Å²) in [7, 11) is 1.71. The van der Waals surface area contributed by atoms with E-state index in [1.54, 1.807) is 28.6 Å². The molecule has 192 valence electrons. The van der Waals surface area contributed by atoms with Crippen molar-refractivity contribution in [3.05, 3.63) is 58.3 Å². The predicted octanol–water partition coefficient (Wildman–Crippen LogP) is 3.80. The number of nitriles is 1. The maximum absolute atomic E-state index is 13.1. The zero-order valence-electron chi connectivity index (χ0n) is 21.1. The first-order valence-corrected chi connectivity index (χ1v) is 12.2. The summed E-state index contributed by atoms with van der Waals surface area (Å²) in [6, 6.07) is 9.56. The Morgan fingerprint density at radius 2 is 1.95 bits per heavy atom. The number of aryl methyl sites for hydroxylation is 1.